The number of nitrogens with one attached hydrogen (secondary N) is 1. The van der Waals surface area contributed by atoms with E-state index in [1.54, 1.807) is 4.90 Å². The van der Waals surface area contributed by atoms with Crippen molar-refractivity contribution in [2.75, 3.05) is 26.3 Å². The molecule has 2 aliphatic rings. The number of hydrogen-bond donors (Lipinski definition) is 1. The first-order chi connectivity index (χ1) is 10.3. The molecular formula is C15H28N5O+. The molecule has 118 valence electrons. The number of aromatic nitrogens is 4. The number of ether oxygens (including phenoxy) is 1. The molecule has 1 aromatic rings. The Morgan fingerprint density at radius 3 is 2.52 bits per heavy atom. The highest BCUT2D eigenvalue weighted by molar-refractivity contribution is 4.92. The predicted octanol–water partition coefficient (Wildman–Crippen LogP) is 0.791. The third-order valence-corrected chi connectivity index (χ3v) is 4.96. The Balaban J connectivity index is 1.83. The molecule has 21 heavy (non-hydrogen) atoms. The van der Waals surface area contributed by atoms with Crippen LogP contribution in [0.1, 0.15) is 63.9 Å². The van der Waals surface area contributed by atoms with Crippen molar-refractivity contribution in [2.24, 2.45) is 5.92 Å². The maximum atomic E-state index is 5.51. The van der Waals surface area contributed by atoms with Crippen molar-refractivity contribution in [3.63, 3.8) is 0 Å². The average Bonchev–Trinajstić information content (AvgIpc) is 2.98. The minimum atomic E-state index is 0.380. The number of tetrazole rings is 1. The maximum Gasteiger partial charge on any atom is 0.209 e. The third-order valence-electron chi connectivity index (χ3n) is 4.96. The number of morpholine rings is 1. The highest BCUT2D eigenvalue weighted by Gasteiger charge is 2.35. The lowest BCUT2D eigenvalue weighted by atomic mass is 9.94. The second-order valence-electron chi connectivity index (χ2n) is 6.77. The normalized spacial score (nSPS) is 23.6. The second kappa shape index (κ2) is 6.83. The van der Waals surface area contributed by atoms with Crippen LogP contribution in [0.2, 0.25) is 0 Å². The molecule has 0 spiro atoms. The zero-order valence-electron chi connectivity index (χ0n) is 13.3. The largest absolute Gasteiger partial charge is 0.370 e. The zero-order chi connectivity index (χ0) is 14.7. The van der Waals surface area contributed by atoms with E-state index >= 15 is 0 Å². The van der Waals surface area contributed by atoms with Crippen LogP contribution in [0.4, 0.5) is 0 Å². The first kappa shape index (κ1) is 14.9. The molecule has 1 aliphatic heterocycles. The van der Waals surface area contributed by atoms with Gasteiger partial charge in [0.25, 0.3) is 0 Å². The van der Waals surface area contributed by atoms with Gasteiger partial charge < -0.3 is 9.64 Å². The van der Waals surface area contributed by atoms with E-state index in [4.69, 9.17) is 4.74 Å². The van der Waals surface area contributed by atoms with Gasteiger partial charge >= 0.3 is 0 Å². The highest BCUT2D eigenvalue weighted by Crippen LogP contribution is 2.29. The van der Waals surface area contributed by atoms with Crippen LogP contribution < -0.4 is 4.90 Å². The van der Waals surface area contributed by atoms with Crippen LogP contribution in [0, 0.1) is 5.92 Å². The Labute approximate surface area is 126 Å². The fourth-order valence-electron chi connectivity index (χ4n) is 3.89. The molecule has 1 aromatic heterocycles. The van der Waals surface area contributed by atoms with E-state index in [1.165, 1.54) is 32.1 Å². The summed E-state index contributed by atoms with van der Waals surface area (Å²) in [6, 6.07) is 0.885. The molecule has 0 unspecified atom stereocenters. The second-order valence-corrected chi connectivity index (χ2v) is 6.77. The first-order valence-corrected chi connectivity index (χ1v) is 8.47. The summed E-state index contributed by atoms with van der Waals surface area (Å²) in [5.74, 6) is 1.63. The van der Waals surface area contributed by atoms with Gasteiger partial charge in [-0.25, -0.2) is 4.68 Å². The smallest absolute Gasteiger partial charge is 0.209 e. The molecule has 1 N–H and O–H groups in total. The highest BCUT2D eigenvalue weighted by atomic mass is 16.5. The van der Waals surface area contributed by atoms with Gasteiger partial charge in [-0.2, -0.15) is 0 Å². The molecule has 6 nitrogen and oxygen atoms in total. The van der Waals surface area contributed by atoms with Gasteiger partial charge in [-0.15, -0.1) is 5.10 Å². The number of rotatable bonds is 4. The minimum absolute atomic E-state index is 0.380. The Bertz CT molecular complexity index is 435. The number of hydrogen-bond acceptors (Lipinski definition) is 4. The SMILES string of the molecule is CC(C)[C@@H](c1nnnn1C1CCCCC1)[NH+]1CCOCC1. The number of nitrogens with zero attached hydrogens (tertiary/aromatic N) is 4. The Morgan fingerprint density at radius 2 is 1.86 bits per heavy atom. The van der Waals surface area contributed by atoms with Gasteiger partial charge in [0.2, 0.25) is 5.82 Å². The van der Waals surface area contributed by atoms with Crippen molar-refractivity contribution >= 4 is 0 Å². The first-order valence-electron chi connectivity index (χ1n) is 8.47. The standard InChI is InChI=1S/C15H27N5O/c1-12(2)14(19-8-10-21-11-9-19)15-16-17-18-20(15)13-6-4-3-5-7-13/h12-14H,3-11H2,1-2H3/p+1/t14-/m0/s1. The van der Waals surface area contributed by atoms with Crippen LogP contribution >= 0.6 is 0 Å². The van der Waals surface area contributed by atoms with Crippen LogP contribution in [0.5, 0.6) is 0 Å². The van der Waals surface area contributed by atoms with E-state index in [0.717, 1.165) is 32.1 Å². The van der Waals surface area contributed by atoms with Crippen molar-refractivity contribution in [1.82, 2.24) is 20.2 Å². The summed E-state index contributed by atoms with van der Waals surface area (Å²) in [6.45, 7) is 8.38. The molecular weight excluding hydrogens is 266 g/mol. The van der Waals surface area contributed by atoms with E-state index in [9.17, 15) is 0 Å². The van der Waals surface area contributed by atoms with Crippen LogP contribution in [0.3, 0.4) is 0 Å². The molecule has 1 saturated heterocycles. The summed E-state index contributed by atoms with van der Waals surface area (Å²) in [7, 11) is 0. The Morgan fingerprint density at radius 1 is 1.14 bits per heavy atom. The van der Waals surface area contributed by atoms with Gasteiger partial charge in [-0.1, -0.05) is 33.1 Å². The third kappa shape index (κ3) is 3.26. The van der Waals surface area contributed by atoms with E-state index in [1.807, 2.05) is 0 Å². The topological polar surface area (TPSA) is 57.3 Å². The van der Waals surface area contributed by atoms with E-state index in [0.29, 0.717) is 18.0 Å². The van der Waals surface area contributed by atoms with Crippen molar-refractivity contribution in [1.29, 1.82) is 0 Å². The van der Waals surface area contributed by atoms with Crippen molar-refractivity contribution in [3.05, 3.63) is 5.82 Å². The van der Waals surface area contributed by atoms with Gasteiger partial charge in [-0.05, 0) is 23.3 Å². The molecule has 3 rings (SSSR count). The van der Waals surface area contributed by atoms with Gasteiger partial charge in [0.1, 0.15) is 13.1 Å². The predicted molar refractivity (Wildman–Crippen MR) is 79.0 cm³/mol. The molecule has 1 aliphatic carbocycles. The minimum Gasteiger partial charge on any atom is -0.370 e. The van der Waals surface area contributed by atoms with Crippen LogP contribution in [0.15, 0.2) is 0 Å². The van der Waals surface area contributed by atoms with Crippen molar-refractivity contribution in [3.8, 4) is 0 Å². The van der Waals surface area contributed by atoms with E-state index in [-0.39, 0.29) is 0 Å². The van der Waals surface area contributed by atoms with Crippen LogP contribution in [-0.4, -0.2) is 46.5 Å². The average molecular weight is 294 g/mol. The molecule has 0 aromatic carbocycles. The molecule has 1 saturated carbocycles. The molecule has 2 fully saturated rings. The van der Waals surface area contributed by atoms with Gasteiger partial charge in [0, 0.05) is 5.92 Å². The quantitative estimate of drug-likeness (QED) is 0.892. The fraction of sp³-hybridized carbons (Fsp3) is 0.933. The molecule has 0 amide bonds. The van der Waals surface area contributed by atoms with E-state index < -0.39 is 0 Å². The van der Waals surface area contributed by atoms with Gasteiger partial charge in [0.15, 0.2) is 6.04 Å². The lowest BCUT2D eigenvalue weighted by molar-refractivity contribution is -0.943. The van der Waals surface area contributed by atoms with Crippen molar-refractivity contribution in [2.45, 2.75) is 58.0 Å². The van der Waals surface area contributed by atoms with Crippen LogP contribution in [0.25, 0.3) is 0 Å². The summed E-state index contributed by atoms with van der Waals surface area (Å²) in [6.07, 6.45) is 6.42. The molecule has 2 heterocycles. The summed E-state index contributed by atoms with van der Waals surface area (Å²) in [5.41, 5.74) is 0. The summed E-state index contributed by atoms with van der Waals surface area (Å²) in [5, 5.41) is 12.8. The molecule has 0 bridgehead atoms. The Kier molecular flexibility index (Phi) is 4.85. The lowest BCUT2D eigenvalue weighted by Crippen LogP contribution is -3.15. The summed E-state index contributed by atoms with van der Waals surface area (Å²) >= 11 is 0. The van der Waals surface area contributed by atoms with Gasteiger partial charge in [0.05, 0.1) is 19.3 Å². The Hall–Kier alpha value is -1.01. The molecule has 0 radical (unpaired) electrons. The van der Waals surface area contributed by atoms with Gasteiger partial charge in [-0.3, -0.25) is 0 Å². The maximum absolute atomic E-state index is 5.51. The zero-order valence-corrected chi connectivity index (χ0v) is 13.3. The summed E-state index contributed by atoms with van der Waals surface area (Å²) in [4.78, 5) is 1.57. The van der Waals surface area contributed by atoms with Crippen molar-refractivity contribution < 1.29 is 9.64 Å². The molecule has 1 atom stereocenters. The monoisotopic (exact) mass is 294 g/mol. The molecule has 6 heteroatoms. The fourth-order valence-corrected chi connectivity index (χ4v) is 3.89. The lowest BCUT2D eigenvalue weighted by Gasteiger charge is -2.34. The summed E-state index contributed by atoms with van der Waals surface area (Å²) < 4.78 is 7.66. The van der Waals surface area contributed by atoms with E-state index in [2.05, 4.69) is 34.1 Å². The number of quaternary nitrogens is 1. The van der Waals surface area contributed by atoms with Crippen LogP contribution in [-0.2, 0) is 4.74 Å².